The Bertz CT molecular complexity index is 611. The predicted molar refractivity (Wildman–Crippen MR) is 71.9 cm³/mol. The first-order valence-corrected chi connectivity index (χ1v) is 6.65. The Labute approximate surface area is 124 Å². The van der Waals surface area contributed by atoms with Crippen molar-refractivity contribution in [2.45, 2.75) is 32.6 Å². The van der Waals surface area contributed by atoms with Gasteiger partial charge in [0.1, 0.15) is 0 Å². The second-order valence-electron chi connectivity index (χ2n) is 4.36. The number of benzene rings is 1. The lowest BCUT2D eigenvalue weighted by atomic mass is 10.2. The van der Waals surface area contributed by atoms with Crippen LogP contribution in [0.3, 0.4) is 0 Å². The number of rotatable bonds is 5. The van der Waals surface area contributed by atoms with Crippen molar-refractivity contribution in [3.05, 3.63) is 34.6 Å². The molecule has 0 fully saturated rings. The normalized spacial score (nSPS) is 11.7. The van der Waals surface area contributed by atoms with E-state index in [9.17, 15) is 13.2 Å². The van der Waals surface area contributed by atoms with Crippen LogP contribution in [0.1, 0.15) is 24.7 Å². The summed E-state index contributed by atoms with van der Waals surface area (Å²) >= 11 is 5.56. The summed E-state index contributed by atoms with van der Waals surface area (Å²) in [5, 5.41) is 13.7. The van der Waals surface area contributed by atoms with Gasteiger partial charge in [0.05, 0.1) is 17.1 Å². The zero-order chi connectivity index (χ0) is 15.5. The summed E-state index contributed by atoms with van der Waals surface area (Å²) in [6.45, 7) is 2.86. The third-order valence-corrected chi connectivity index (χ3v) is 3.09. The summed E-state index contributed by atoms with van der Waals surface area (Å²) < 4.78 is 39.9. The Morgan fingerprint density at radius 1 is 1.33 bits per heavy atom. The minimum atomic E-state index is -4.49. The minimum absolute atomic E-state index is 0.228. The van der Waals surface area contributed by atoms with Gasteiger partial charge in [-0.05, 0) is 35.0 Å². The number of anilines is 1. The lowest BCUT2D eigenvalue weighted by molar-refractivity contribution is -0.137. The molecular formula is C12H13ClF3N5. The van der Waals surface area contributed by atoms with Crippen LogP contribution in [0.15, 0.2) is 18.2 Å². The molecule has 0 bridgehead atoms. The number of nitrogens with one attached hydrogen (secondary N) is 1. The van der Waals surface area contributed by atoms with Crippen molar-refractivity contribution >= 4 is 17.3 Å². The zero-order valence-corrected chi connectivity index (χ0v) is 11.9. The molecular weight excluding hydrogens is 307 g/mol. The van der Waals surface area contributed by atoms with Gasteiger partial charge < -0.3 is 5.32 Å². The van der Waals surface area contributed by atoms with Gasteiger partial charge in [0, 0.05) is 12.2 Å². The maximum atomic E-state index is 12.8. The lowest BCUT2D eigenvalue weighted by Crippen LogP contribution is -2.11. The topological polar surface area (TPSA) is 55.6 Å². The van der Waals surface area contributed by atoms with Crippen LogP contribution in [0, 0.1) is 0 Å². The highest BCUT2D eigenvalue weighted by Gasteiger charge is 2.33. The molecule has 0 atom stereocenters. The average molecular weight is 320 g/mol. The Morgan fingerprint density at radius 2 is 2.10 bits per heavy atom. The molecule has 21 heavy (non-hydrogen) atoms. The number of halogens is 4. The van der Waals surface area contributed by atoms with Crippen molar-refractivity contribution < 1.29 is 13.2 Å². The first kappa shape index (κ1) is 15.6. The van der Waals surface area contributed by atoms with Crippen molar-refractivity contribution in [1.29, 1.82) is 0 Å². The van der Waals surface area contributed by atoms with Gasteiger partial charge in [-0.15, -0.1) is 5.10 Å². The molecule has 0 aliphatic heterocycles. The molecule has 0 saturated heterocycles. The van der Waals surface area contributed by atoms with Gasteiger partial charge in [-0.3, -0.25) is 0 Å². The van der Waals surface area contributed by atoms with E-state index >= 15 is 0 Å². The van der Waals surface area contributed by atoms with Gasteiger partial charge in [0.15, 0.2) is 5.82 Å². The molecule has 2 aromatic rings. The first-order chi connectivity index (χ1) is 9.91. The molecule has 1 aromatic heterocycles. The molecule has 1 aromatic carbocycles. The Morgan fingerprint density at radius 3 is 2.76 bits per heavy atom. The van der Waals surface area contributed by atoms with Gasteiger partial charge in [-0.2, -0.15) is 13.2 Å². The molecule has 0 aliphatic carbocycles. The first-order valence-electron chi connectivity index (χ1n) is 6.27. The van der Waals surface area contributed by atoms with Crippen LogP contribution in [-0.4, -0.2) is 20.2 Å². The van der Waals surface area contributed by atoms with E-state index in [-0.39, 0.29) is 11.6 Å². The number of nitrogens with zero attached hydrogens (tertiary/aromatic N) is 4. The van der Waals surface area contributed by atoms with Crippen molar-refractivity contribution in [2.24, 2.45) is 0 Å². The molecule has 114 valence electrons. The largest absolute Gasteiger partial charge is 0.417 e. The van der Waals surface area contributed by atoms with Gasteiger partial charge in [-0.1, -0.05) is 18.5 Å². The summed E-state index contributed by atoms with van der Waals surface area (Å²) in [6.07, 6.45) is -3.63. The quantitative estimate of drug-likeness (QED) is 0.918. The lowest BCUT2D eigenvalue weighted by Gasteiger charge is -2.12. The third kappa shape index (κ3) is 3.84. The Hall–Kier alpha value is -1.83. The second kappa shape index (κ2) is 6.30. The number of hydrogen-bond acceptors (Lipinski definition) is 4. The summed E-state index contributed by atoms with van der Waals surface area (Å²) in [5.74, 6) is 0.556. The van der Waals surface area contributed by atoms with Gasteiger partial charge in [0.25, 0.3) is 0 Å². The van der Waals surface area contributed by atoms with Gasteiger partial charge >= 0.3 is 6.18 Å². The van der Waals surface area contributed by atoms with Crippen LogP contribution >= 0.6 is 11.6 Å². The van der Waals surface area contributed by atoms with E-state index in [2.05, 4.69) is 20.8 Å². The third-order valence-electron chi connectivity index (χ3n) is 2.76. The van der Waals surface area contributed by atoms with E-state index < -0.39 is 11.7 Å². The fraction of sp³-hybridized carbons (Fsp3) is 0.417. The van der Waals surface area contributed by atoms with Crippen molar-refractivity contribution in [1.82, 2.24) is 20.2 Å². The molecule has 0 saturated carbocycles. The summed E-state index contributed by atoms with van der Waals surface area (Å²) in [4.78, 5) is 0. The average Bonchev–Trinajstić information content (AvgIpc) is 2.84. The predicted octanol–water partition coefficient (Wildman–Crippen LogP) is 3.37. The molecule has 1 N–H and O–H groups in total. The maximum Gasteiger partial charge on any atom is 0.417 e. The molecule has 0 amide bonds. The van der Waals surface area contributed by atoms with Crippen LogP contribution in [0.2, 0.25) is 5.02 Å². The van der Waals surface area contributed by atoms with E-state index in [0.29, 0.717) is 18.1 Å². The van der Waals surface area contributed by atoms with Gasteiger partial charge in [-0.25, -0.2) is 4.68 Å². The van der Waals surface area contributed by atoms with E-state index in [0.717, 1.165) is 12.5 Å². The Balaban J connectivity index is 2.12. The van der Waals surface area contributed by atoms with E-state index in [1.807, 2.05) is 6.92 Å². The minimum Gasteiger partial charge on any atom is -0.378 e. The molecule has 2 rings (SSSR count). The van der Waals surface area contributed by atoms with Crippen molar-refractivity contribution in [3.8, 4) is 0 Å². The van der Waals surface area contributed by atoms with Crippen molar-refractivity contribution in [2.75, 3.05) is 5.32 Å². The highest BCUT2D eigenvalue weighted by atomic mass is 35.5. The van der Waals surface area contributed by atoms with Crippen LogP contribution < -0.4 is 5.32 Å². The fourth-order valence-corrected chi connectivity index (χ4v) is 1.99. The number of tetrazole rings is 1. The van der Waals surface area contributed by atoms with Crippen LogP contribution in [0.25, 0.3) is 0 Å². The highest BCUT2D eigenvalue weighted by molar-refractivity contribution is 6.31. The molecule has 0 spiro atoms. The van der Waals surface area contributed by atoms with Gasteiger partial charge in [0.2, 0.25) is 0 Å². The highest BCUT2D eigenvalue weighted by Crippen LogP contribution is 2.36. The van der Waals surface area contributed by atoms with Crippen LogP contribution in [0.5, 0.6) is 0 Å². The van der Waals surface area contributed by atoms with Crippen LogP contribution in [0.4, 0.5) is 18.9 Å². The molecule has 0 radical (unpaired) electrons. The Kier molecular flexibility index (Phi) is 4.66. The maximum absolute atomic E-state index is 12.8. The summed E-state index contributed by atoms with van der Waals surface area (Å²) in [6, 6.07) is 3.66. The standard InChI is InChI=1S/C12H13ClF3N5/c1-2-5-21-11(18-19-20-21)7-17-8-3-4-10(13)9(6-8)12(14,15)16/h3-4,6,17H,2,5,7H2,1H3. The number of aryl methyl sites for hydroxylation is 1. The van der Waals surface area contributed by atoms with Crippen LogP contribution in [-0.2, 0) is 19.3 Å². The number of alkyl halides is 3. The molecule has 0 aliphatic rings. The second-order valence-corrected chi connectivity index (χ2v) is 4.77. The molecule has 5 nitrogen and oxygen atoms in total. The zero-order valence-electron chi connectivity index (χ0n) is 11.2. The van der Waals surface area contributed by atoms with Crippen molar-refractivity contribution in [3.63, 3.8) is 0 Å². The monoisotopic (exact) mass is 319 g/mol. The number of aromatic nitrogens is 4. The summed E-state index contributed by atoms with van der Waals surface area (Å²) in [7, 11) is 0. The smallest absolute Gasteiger partial charge is 0.378 e. The van der Waals surface area contributed by atoms with E-state index in [1.54, 1.807) is 4.68 Å². The molecule has 1 heterocycles. The number of hydrogen-bond donors (Lipinski definition) is 1. The molecule has 0 unspecified atom stereocenters. The fourth-order valence-electron chi connectivity index (χ4n) is 1.77. The SMILES string of the molecule is CCCn1nnnc1CNc1ccc(Cl)c(C(F)(F)F)c1. The van der Waals surface area contributed by atoms with E-state index in [4.69, 9.17) is 11.6 Å². The summed E-state index contributed by atoms with van der Waals surface area (Å²) in [5.41, 5.74) is -0.569. The van der Waals surface area contributed by atoms with E-state index in [1.165, 1.54) is 12.1 Å². The molecule has 9 heteroatoms.